The molecule has 160 valence electrons. The normalized spacial score (nSPS) is 10.6. The summed E-state index contributed by atoms with van der Waals surface area (Å²) in [5.41, 5.74) is 2.20. The van der Waals surface area contributed by atoms with Gasteiger partial charge in [0, 0.05) is 23.6 Å². The molecule has 4 rings (SSSR count). The molecule has 0 saturated heterocycles. The first-order chi connectivity index (χ1) is 15.4. The predicted octanol–water partition coefficient (Wildman–Crippen LogP) is 3.32. The van der Waals surface area contributed by atoms with Gasteiger partial charge in [0.05, 0.1) is 11.3 Å². The first-order valence-corrected chi connectivity index (χ1v) is 9.61. The molecule has 0 aliphatic carbocycles. The van der Waals surface area contributed by atoms with E-state index >= 15 is 0 Å². The number of pyridine rings is 1. The van der Waals surface area contributed by atoms with Crippen LogP contribution in [0.25, 0.3) is 5.69 Å². The molecular weight excluding hydrogens is 413 g/mol. The molecule has 2 amide bonds. The van der Waals surface area contributed by atoms with Crippen LogP contribution in [-0.4, -0.2) is 37.0 Å². The molecule has 2 aromatic carbocycles. The largest absolute Gasteiger partial charge is 0.322 e. The van der Waals surface area contributed by atoms with E-state index in [1.54, 1.807) is 44.2 Å². The topological polar surface area (TPSA) is 115 Å². The third-order valence-electron chi connectivity index (χ3n) is 4.76. The molecule has 2 aromatic heterocycles. The number of nitrogens with one attached hydrogen (secondary N) is 2. The minimum absolute atomic E-state index is 0.0979. The van der Waals surface area contributed by atoms with E-state index in [1.165, 1.54) is 35.3 Å². The van der Waals surface area contributed by atoms with Crippen LogP contribution in [0.3, 0.4) is 0 Å². The number of halogens is 1. The van der Waals surface area contributed by atoms with E-state index < -0.39 is 11.7 Å². The van der Waals surface area contributed by atoms with Crippen molar-refractivity contribution in [1.82, 2.24) is 25.2 Å². The zero-order chi connectivity index (χ0) is 22.7. The number of benzene rings is 2. The van der Waals surface area contributed by atoms with Crippen LogP contribution in [0.1, 0.15) is 32.1 Å². The van der Waals surface area contributed by atoms with Crippen molar-refractivity contribution < 1.29 is 14.0 Å². The molecule has 0 bridgehead atoms. The van der Waals surface area contributed by atoms with Gasteiger partial charge in [-0.15, -0.1) is 5.10 Å². The molecule has 9 nitrogen and oxygen atoms in total. The lowest BCUT2D eigenvalue weighted by Crippen LogP contribution is -2.19. The summed E-state index contributed by atoms with van der Waals surface area (Å²) in [6.45, 7) is 3.42. The SMILES string of the molecule is Cc1cccc(C(=O)Nc2ccc(F)c(-n3nnnc3C)c2)c1NC(=O)c1ccncc1. The van der Waals surface area contributed by atoms with Crippen molar-refractivity contribution in [3.8, 4) is 5.69 Å². The number of aryl methyl sites for hydroxylation is 2. The molecule has 32 heavy (non-hydrogen) atoms. The Labute approximate surface area is 182 Å². The van der Waals surface area contributed by atoms with Gasteiger partial charge >= 0.3 is 0 Å². The van der Waals surface area contributed by atoms with Crippen LogP contribution in [0.5, 0.6) is 0 Å². The summed E-state index contributed by atoms with van der Waals surface area (Å²) in [6.07, 6.45) is 3.03. The second-order valence-electron chi connectivity index (χ2n) is 6.95. The summed E-state index contributed by atoms with van der Waals surface area (Å²) in [6, 6.07) is 12.3. The minimum Gasteiger partial charge on any atom is -0.322 e. The van der Waals surface area contributed by atoms with Crippen LogP contribution in [0.4, 0.5) is 15.8 Å². The van der Waals surface area contributed by atoms with E-state index in [0.717, 1.165) is 0 Å². The Kier molecular flexibility index (Phi) is 5.67. The van der Waals surface area contributed by atoms with Gasteiger partial charge in [-0.25, -0.2) is 4.39 Å². The van der Waals surface area contributed by atoms with Crippen molar-refractivity contribution in [3.05, 3.63) is 89.3 Å². The third kappa shape index (κ3) is 4.19. The fraction of sp³-hybridized carbons (Fsp3) is 0.0909. The zero-order valence-corrected chi connectivity index (χ0v) is 17.2. The first-order valence-electron chi connectivity index (χ1n) is 9.61. The number of rotatable bonds is 5. The number of hydrogen-bond donors (Lipinski definition) is 2. The fourth-order valence-corrected chi connectivity index (χ4v) is 3.12. The summed E-state index contributed by atoms with van der Waals surface area (Å²) in [5, 5.41) is 16.6. The average molecular weight is 431 g/mol. The maximum absolute atomic E-state index is 14.3. The van der Waals surface area contributed by atoms with Gasteiger partial charge in [0.1, 0.15) is 11.5 Å². The molecule has 0 aliphatic rings. The molecule has 0 radical (unpaired) electrons. The molecule has 0 fully saturated rings. The van der Waals surface area contributed by atoms with Crippen LogP contribution in [0.15, 0.2) is 60.9 Å². The summed E-state index contributed by atoms with van der Waals surface area (Å²) in [7, 11) is 0. The highest BCUT2D eigenvalue weighted by atomic mass is 19.1. The number of carbonyl (C=O) groups is 2. The lowest BCUT2D eigenvalue weighted by Gasteiger charge is -2.15. The van der Waals surface area contributed by atoms with Gasteiger partial charge in [0.25, 0.3) is 11.8 Å². The van der Waals surface area contributed by atoms with Gasteiger partial charge in [-0.3, -0.25) is 14.6 Å². The van der Waals surface area contributed by atoms with Gasteiger partial charge < -0.3 is 10.6 Å². The lowest BCUT2D eigenvalue weighted by atomic mass is 10.1. The van der Waals surface area contributed by atoms with E-state index in [0.29, 0.717) is 28.3 Å². The Morgan fingerprint density at radius 3 is 2.47 bits per heavy atom. The molecule has 0 aliphatic heterocycles. The van der Waals surface area contributed by atoms with Crippen molar-refractivity contribution in [2.45, 2.75) is 13.8 Å². The highest BCUT2D eigenvalue weighted by Crippen LogP contribution is 2.24. The van der Waals surface area contributed by atoms with Gasteiger partial charge in [-0.1, -0.05) is 12.1 Å². The maximum Gasteiger partial charge on any atom is 0.257 e. The van der Waals surface area contributed by atoms with Crippen LogP contribution < -0.4 is 10.6 Å². The second kappa shape index (κ2) is 8.72. The van der Waals surface area contributed by atoms with Gasteiger partial charge in [0.15, 0.2) is 5.82 Å². The summed E-state index contributed by atoms with van der Waals surface area (Å²) in [4.78, 5) is 29.5. The van der Waals surface area contributed by atoms with Crippen LogP contribution >= 0.6 is 0 Å². The maximum atomic E-state index is 14.3. The Morgan fingerprint density at radius 2 is 1.75 bits per heavy atom. The number of para-hydroxylation sites is 1. The molecule has 2 N–H and O–H groups in total. The average Bonchev–Trinajstić information content (AvgIpc) is 3.22. The van der Waals surface area contributed by atoms with E-state index in [1.807, 2.05) is 0 Å². The fourth-order valence-electron chi connectivity index (χ4n) is 3.12. The number of amides is 2. The summed E-state index contributed by atoms with van der Waals surface area (Å²) in [5.74, 6) is -0.981. The molecule has 2 heterocycles. The summed E-state index contributed by atoms with van der Waals surface area (Å²) < 4.78 is 15.5. The molecule has 0 spiro atoms. The molecular formula is C22H18FN7O2. The van der Waals surface area contributed by atoms with E-state index in [4.69, 9.17) is 0 Å². The molecule has 10 heteroatoms. The summed E-state index contributed by atoms with van der Waals surface area (Å²) >= 11 is 0. The zero-order valence-electron chi connectivity index (χ0n) is 17.2. The Morgan fingerprint density at radius 1 is 0.969 bits per heavy atom. The third-order valence-corrected chi connectivity index (χ3v) is 4.76. The quantitative estimate of drug-likeness (QED) is 0.501. The standard InChI is InChI=1S/C22H18FN7O2/c1-13-4-3-5-17(20(13)26-21(31)15-8-10-24-11-9-15)22(32)25-16-6-7-18(23)19(12-16)30-14(2)27-28-29-30/h3-12H,1-2H3,(H,25,32)(H,26,31). The first kappa shape index (κ1) is 20.8. The van der Waals surface area contributed by atoms with Crippen LogP contribution in [0, 0.1) is 19.7 Å². The Bertz CT molecular complexity index is 1300. The smallest absolute Gasteiger partial charge is 0.257 e. The Hall–Kier alpha value is -4.47. The van der Waals surface area contributed by atoms with E-state index in [-0.39, 0.29) is 17.2 Å². The molecule has 0 unspecified atom stereocenters. The highest BCUT2D eigenvalue weighted by molar-refractivity contribution is 6.13. The number of aromatic nitrogens is 5. The van der Waals surface area contributed by atoms with Crippen molar-refractivity contribution in [2.24, 2.45) is 0 Å². The number of hydrogen-bond acceptors (Lipinski definition) is 6. The highest BCUT2D eigenvalue weighted by Gasteiger charge is 2.18. The van der Waals surface area contributed by atoms with Crippen molar-refractivity contribution in [3.63, 3.8) is 0 Å². The second-order valence-corrected chi connectivity index (χ2v) is 6.95. The minimum atomic E-state index is -0.542. The predicted molar refractivity (Wildman–Crippen MR) is 115 cm³/mol. The van der Waals surface area contributed by atoms with Crippen LogP contribution in [-0.2, 0) is 0 Å². The number of tetrazole rings is 1. The van der Waals surface area contributed by atoms with Crippen LogP contribution in [0.2, 0.25) is 0 Å². The van der Waals surface area contributed by atoms with E-state index in [2.05, 4.69) is 31.1 Å². The van der Waals surface area contributed by atoms with Crippen molar-refractivity contribution in [2.75, 3.05) is 10.6 Å². The Balaban J connectivity index is 1.62. The van der Waals surface area contributed by atoms with Crippen molar-refractivity contribution in [1.29, 1.82) is 0 Å². The van der Waals surface area contributed by atoms with Gasteiger partial charge in [-0.05, 0) is 66.2 Å². The number of anilines is 2. The number of nitrogens with zero attached hydrogens (tertiary/aromatic N) is 5. The molecule has 0 saturated carbocycles. The lowest BCUT2D eigenvalue weighted by molar-refractivity contribution is 0.102. The van der Waals surface area contributed by atoms with Gasteiger partial charge in [0.2, 0.25) is 0 Å². The van der Waals surface area contributed by atoms with Crippen molar-refractivity contribution >= 4 is 23.2 Å². The molecule has 0 atom stereocenters. The molecule has 4 aromatic rings. The van der Waals surface area contributed by atoms with E-state index in [9.17, 15) is 14.0 Å². The number of carbonyl (C=O) groups excluding carboxylic acids is 2. The monoisotopic (exact) mass is 431 g/mol. The van der Waals surface area contributed by atoms with Gasteiger partial charge in [-0.2, -0.15) is 4.68 Å².